The van der Waals surface area contributed by atoms with E-state index in [4.69, 9.17) is 4.74 Å². The van der Waals surface area contributed by atoms with Gasteiger partial charge in [0, 0.05) is 32.1 Å². The van der Waals surface area contributed by atoms with Gasteiger partial charge in [0.15, 0.2) is 0 Å². The maximum atomic E-state index is 11.7. The Bertz CT molecular complexity index is 482. The highest BCUT2D eigenvalue weighted by Gasteiger charge is 2.19. The number of esters is 1. The molecular formula is C14H17NO3. The summed E-state index contributed by atoms with van der Waals surface area (Å²) >= 11 is 0. The minimum Gasteiger partial charge on any atom is -0.462 e. The van der Waals surface area contributed by atoms with E-state index in [1.165, 1.54) is 0 Å². The average Bonchev–Trinajstić information content (AvgIpc) is 2.49. The van der Waals surface area contributed by atoms with Crippen LogP contribution in [-0.2, 0) is 16.0 Å². The number of Topliss-reactive ketones (excluding diaryl/α,β-unsaturated/α-hetero) is 1. The van der Waals surface area contributed by atoms with E-state index in [0.29, 0.717) is 25.0 Å². The Morgan fingerprint density at radius 3 is 2.94 bits per heavy atom. The summed E-state index contributed by atoms with van der Waals surface area (Å²) in [4.78, 5) is 25.4. The molecule has 0 radical (unpaired) electrons. The first kappa shape index (κ1) is 12.6. The number of ketones is 1. The minimum atomic E-state index is -0.334. The highest BCUT2D eigenvalue weighted by Crippen LogP contribution is 2.25. The molecule has 0 spiro atoms. The van der Waals surface area contributed by atoms with Crippen LogP contribution in [0.5, 0.6) is 0 Å². The van der Waals surface area contributed by atoms with Gasteiger partial charge in [-0.05, 0) is 30.7 Å². The van der Waals surface area contributed by atoms with Crippen molar-refractivity contribution in [3.63, 3.8) is 0 Å². The molecular weight excluding hydrogens is 230 g/mol. The highest BCUT2D eigenvalue weighted by atomic mass is 16.5. The first-order chi connectivity index (χ1) is 8.61. The van der Waals surface area contributed by atoms with E-state index in [1.807, 2.05) is 13.1 Å². The Hall–Kier alpha value is -1.84. The standard InChI is InChI=1S/C14H17NO3/c1-3-18-14(17)10-4-5-13-11(8-10)9-12(16)6-7-15(13)2/h4-5,8H,3,6-7,9H2,1-2H3. The van der Waals surface area contributed by atoms with Crippen LogP contribution in [0, 0.1) is 0 Å². The van der Waals surface area contributed by atoms with Crippen LogP contribution in [0.25, 0.3) is 0 Å². The second kappa shape index (κ2) is 5.21. The Morgan fingerprint density at radius 1 is 1.44 bits per heavy atom. The second-order valence-corrected chi connectivity index (χ2v) is 4.45. The number of rotatable bonds is 2. The largest absolute Gasteiger partial charge is 0.462 e. The molecule has 0 aliphatic carbocycles. The van der Waals surface area contributed by atoms with E-state index in [2.05, 4.69) is 4.90 Å². The highest BCUT2D eigenvalue weighted by molar-refractivity contribution is 5.92. The molecule has 1 aromatic carbocycles. The lowest BCUT2D eigenvalue weighted by Gasteiger charge is -2.19. The molecule has 1 aliphatic heterocycles. The SMILES string of the molecule is CCOC(=O)c1ccc2c(c1)CC(=O)CCN2C. The quantitative estimate of drug-likeness (QED) is 0.748. The molecule has 96 valence electrons. The molecule has 4 heteroatoms. The maximum absolute atomic E-state index is 11.7. The monoisotopic (exact) mass is 247 g/mol. The molecule has 1 aromatic rings. The van der Waals surface area contributed by atoms with Crippen LogP contribution in [0.15, 0.2) is 18.2 Å². The van der Waals surface area contributed by atoms with Gasteiger partial charge in [0.1, 0.15) is 5.78 Å². The topological polar surface area (TPSA) is 46.6 Å². The van der Waals surface area contributed by atoms with Gasteiger partial charge in [-0.15, -0.1) is 0 Å². The Balaban J connectivity index is 2.35. The fourth-order valence-electron chi connectivity index (χ4n) is 2.15. The van der Waals surface area contributed by atoms with Crippen molar-refractivity contribution >= 4 is 17.4 Å². The van der Waals surface area contributed by atoms with Crippen molar-refractivity contribution in [2.75, 3.05) is 25.1 Å². The van der Waals surface area contributed by atoms with E-state index in [0.717, 1.165) is 17.8 Å². The lowest BCUT2D eigenvalue weighted by Crippen LogP contribution is -2.18. The van der Waals surface area contributed by atoms with Crippen LogP contribution in [0.2, 0.25) is 0 Å². The zero-order chi connectivity index (χ0) is 13.1. The molecule has 0 aromatic heterocycles. The van der Waals surface area contributed by atoms with E-state index in [9.17, 15) is 9.59 Å². The molecule has 18 heavy (non-hydrogen) atoms. The fraction of sp³-hybridized carbons (Fsp3) is 0.429. The Labute approximate surface area is 107 Å². The number of hydrogen-bond acceptors (Lipinski definition) is 4. The number of carbonyl (C=O) groups is 2. The van der Waals surface area contributed by atoms with Gasteiger partial charge < -0.3 is 9.64 Å². The van der Waals surface area contributed by atoms with Crippen LogP contribution in [-0.4, -0.2) is 32.0 Å². The predicted octanol–water partition coefficient (Wildman–Crippen LogP) is 1.81. The molecule has 0 unspecified atom stereocenters. The molecule has 0 fully saturated rings. The zero-order valence-corrected chi connectivity index (χ0v) is 10.7. The van der Waals surface area contributed by atoms with Gasteiger partial charge in [0.25, 0.3) is 0 Å². The third kappa shape index (κ3) is 2.53. The molecule has 0 bridgehead atoms. The van der Waals surface area contributed by atoms with Crippen molar-refractivity contribution in [3.8, 4) is 0 Å². The molecule has 0 saturated carbocycles. The average molecular weight is 247 g/mol. The van der Waals surface area contributed by atoms with Crippen molar-refractivity contribution < 1.29 is 14.3 Å². The zero-order valence-electron chi connectivity index (χ0n) is 10.7. The number of anilines is 1. The first-order valence-electron chi connectivity index (χ1n) is 6.14. The molecule has 0 amide bonds. The van der Waals surface area contributed by atoms with E-state index in [1.54, 1.807) is 19.1 Å². The molecule has 0 atom stereocenters. The summed E-state index contributed by atoms with van der Waals surface area (Å²) < 4.78 is 4.97. The molecule has 2 rings (SSSR count). The van der Waals surface area contributed by atoms with Gasteiger partial charge in [-0.3, -0.25) is 4.79 Å². The van der Waals surface area contributed by atoms with Crippen molar-refractivity contribution in [1.82, 2.24) is 0 Å². The summed E-state index contributed by atoms with van der Waals surface area (Å²) in [6.07, 6.45) is 0.951. The summed E-state index contributed by atoms with van der Waals surface area (Å²) in [7, 11) is 1.96. The van der Waals surface area contributed by atoms with Crippen LogP contribution in [0.1, 0.15) is 29.3 Å². The van der Waals surface area contributed by atoms with Gasteiger partial charge >= 0.3 is 5.97 Å². The second-order valence-electron chi connectivity index (χ2n) is 4.45. The number of fused-ring (bicyclic) bond motifs is 1. The van der Waals surface area contributed by atoms with Gasteiger partial charge in [0.05, 0.1) is 12.2 Å². The van der Waals surface area contributed by atoms with Crippen LogP contribution < -0.4 is 4.90 Å². The molecule has 0 saturated heterocycles. The molecule has 0 N–H and O–H groups in total. The van der Waals surface area contributed by atoms with Gasteiger partial charge in [-0.1, -0.05) is 0 Å². The number of nitrogens with zero attached hydrogens (tertiary/aromatic N) is 1. The fourth-order valence-corrected chi connectivity index (χ4v) is 2.15. The summed E-state index contributed by atoms with van der Waals surface area (Å²) in [6, 6.07) is 5.41. The van der Waals surface area contributed by atoms with Crippen molar-refractivity contribution in [2.24, 2.45) is 0 Å². The maximum Gasteiger partial charge on any atom is 0.338 e. The third-order valence-electron chi connectivity index (χ3n) is 3.12. The predicted molar refractivity (Wildman–Crippen MR) is 69.0 cm³/mol. The van der Waals surface area contributed by atoms with E-state index >= 15 is 0 Å². The summed E-state index contributed by atoms with van der Waals surface area (Å²) in [5.74, 6) is -0.124. The number of ether oxygens (including phenoxy) is 1. The molecule has 1 aliphatic rings. The van der Waals surface area contributed by atoms with Gasteiger partial charge in [0.2, 0.25) is 0 Å². The number of benzene rings is 1. The lowest BCUT2D eigenvalue weighted by atomic mass is 10.0. The Morgan fingerprint density at radius 2 is 2.22 bits per heavy atom. The molecule has 4 nitrogen and oxygen atoms in total. The van der Waals surface area contributed by atoms with Crippen molar-refractivity contribution in [1.29, 1.82) is 0 Å². The smallest absolute Gasteiger partial charge is 0.338 e. The number of hydrogen-bond donors (Lipinski definition) is 0. The number of carbonyl (C=O) groups excluding carboxylic acids is 2. The lowest BCUT2D eigenvalue weighted by molar-refractivity contribution is -0.118. The van der Waals surface area contributed by atoms with Crippen LogP contribution >= 0.6 is 0 Å². The normalized spacial score (nSPS) is 15.0. The third-order valence-corrected chi connectivity index (χ3v) is 3.12. The van der Waals surface area contributed by atoms with Gasteiger partial charge in [-0.25, -0.2) is 4.79 Å². The van der Waals surface area contributed by atoms with Crippen LogP contribution in [0.4, 0.5) is 5.69 Å². The van der Waals surface area contributed by atoms with Crippen molar-refractivity contribution in [3.05, 3.63) is 29.3 Å². The first-order valence-corrected chi connectivity index (χ1v) is 6.14. The Kier molecular flexibility index (Phi) is 3.65. The van der Waals surface area contributed by atoms with Gasteiger partial charge in [-0.2, -0.15) is 0 Å². The van der Waals surface area contributed by atoms with Crippen molar-refractivity contribution in [2.45, 2.75) is 19.8 Å². The minimum absolute atomic E-state index is 0.210. The van der Waals surface area contributed by atoms with Crippen LogP contribution in [0.3, 0.4) is 0 Å². The van der Waals surface area contributed by atoms with E-state index < -0.39 is 0 Å². The van der Waals surface area contributed by atoms with E-state index in [-0.39, 0.29) is 11.8 Å². The summed E-state index contributed by atoms with van der Waals surface area (Å²) in [6.45, 7) is 2.86. The summed E-state index contributed by atoms with van der Waals surface area (Å²) in [5, 5.41) is 0. The summed E-state index contributed by atoms with van der Waals surface area (Å²) in [5.41, 5.74) is 2.44. The molecule has 1 heterocycles.